The maximum atomic E-state index is 2.93. The van der Waals surface area contributed by atoms with Gasteiger partial charge in [-0.15, -0.1) is 0 Å². The van der Waals surface area contributed by atoms with Crippen LogP contribution in [0.15, 0.2) is 0 Å². The molecular formula is C19H37N. The molecule has 1 heteroatoms. The van der Waals surface area contributed by atoms with Crippen molar-refractivity contribution in [3.8, 4) is 0 Å². The first-order chi connectivity index (χ1) is 9.08. The zero-order chi connectivity index (χ0) is 15.3. The highest BCUT2D eigenvalue weighted by Crippen LogP contribution is 2.51. The first-order valence-electron chi connectivity index (χ1n) is 8.86. The highest BCUT2D eigenvalue weighted by Gasteiger charge is 2.53. The van der Waals surface area contributed by atoms with E-state index in [1.807, 2.05) is 0 Å². The van der Waals surface area contributed by atoms with Crippen molar-refractivity contribution in [1.82, 2.24) is 4.90 Å². The molecule has 118 valence electrons. The fourth-order valence-electron chi connectivity index (χ4n) is 5.56. The molecule has 3 unspecified atom stereocenters. The van der Waals surface area contributed by atoms with Crippen molar-refractivity contribution in [3.63, 3.8) is 0 Å². The van der Waals surface area contributed by atoms with Crippen molar-refractivity contribution in [2.75, 3.05) is 0 Å². The molecular weight excluding hydrogens is 242 g/mol. The Morgan fingerprint density at radius 1 is 1.00 bits per heavy atom. The molecule has 20 heavy (non-hydrogen) atoms. The van der Waals surface area contributed by atoms with Gasteiger partial charge in [-0.1, -0.05) is 41.0 Å². The Morgan fingerprint density at radius 3 is 2.05 bits per heavy atom. The van der Waals surface area contributed by atoms with E-state index in [-0.39, 0.29) is 0 Å². The maximum absolute atomic E-state index is 2.93. The summed E-state index contributed by atoms with van der Waals surface area (Å²) in [4.78, 5) is 2.93. The summed E-state index contributed by atoms with van der Waals surface area (Å²) >= 11 is 0. The predicted octanol–water partition coefficient (Wildman–Crippen LogP) is 5.35. The molecule has 0 amide bonds. The fraction of sp³-hybridized carbons (Fsp3) is 1.00. The van der Waals surface area contributed by atoms with Crippen LogP contribution in [0.2, 0.25) is 0 Å². The van der Waals surface area contributed by atoms with Gasteiger partial charge in [-0.05, 0) is 63.2 Å². The second-order valence-corrected chi connectivity index (χ2v) is 9.37. The van der Waals surface area contributed by atoms with Crippen molar-refractivity contribution in [3.05, 3.63) is 0 Å². The largest absolute Gasteiger partial charge is 0.291 e. The van der Waals surface area contributed by atoms with Crippen LogP contribution in [0.1, 0.15) is 81.1 Å². The van der Waals surface area contributed by atoms with Crippen LogP contribution in [-0.4, -0.2) is 22.5 Å². The normalized spacial score (nSPS) is 41.2. The second-order valence-electron chi connectivity index (χ2n) is 9.37. The quantitative estimate of drug-likeness (QED) is 0.659. The second kappa shape index (κ2) is 5.30. The Balaban J connectivity index is 2.35. The third kappa shape index (κ3) is 2.67. The number of hydrogen-bond donors (Lipinski definition) is 0. The van der Waals surface area contributed by atoms with E-state index in [1.165, 1.54) is 25.7 Å². The molecule has 0 bridgehead atoms. The van der Waals surface area contributed by atoms with Gasteiger partial charge < -0.3 is 0 Å². The van der Waals surface area contributed by atoms with Gasteiger partial charge in [-0.2, -0.15) is 0 Å². The van der Waals surface area contributed by atoms with Crippen LogP contribution in [0.3, 0.4) is 0 Å². The summed E-state index contributed by atoms with van der Waals surface area (Å²) in [5, 5.41) is 0. The third-order valence-corrected chi connectivity index (χ3v) is 6.53. The Morgan fingerprint density at radius 2 is 1.60 bits per heavy atom. The van der Waals surface area contributed by atoms with Crippen LogP contribution in [0, 0.1) is 23.2 Å². The standard InChI is InChI=1S/C19H37N/c1-13(2)16-11-9-10-14(3)17(16)20-15(4)18(5,6)12-19(20,7)8/h13-17H,9-12H2,1-8H3/t14?,15?,16?,17-/m1/s1. The summed E-state index contributed by atoms with van der Waals surface area (Å²) < 4.78 is 0. The molecule has 2 aliphatic rings. The number of likely N-dealkylation sites (tertiary alicyclic amines) is 1. The minimum atomic E-state index is 0.353. The molecule has 0 aromatic heterocycles. The van der Waals surface area contributed by atoms with Crippen LogP contribution in [-0.2, 0) is 0 Å². The van der Waals surface area contributed by atoms with Crippen LogP contribution in [0.25, 0.3) is 0 Å². The SMILES string of the molecule is CC(C)C1CCCC(C)[C@H]1N1C(C)C(C)(C)CC1(C)C. The Kier molecular flexibility index (Phi) is 4.33. The van der Waals surface area contributed by atoms with Crippen LogP contribution >= 0.6 is 0 Å². The van der Waals surface area contributed by atoms with Gasteiger partial charge >= 0.3 is 0 Å². The van der Waals surface area contributed by atoms with E-state index in [0.717, 1.165) is 23.8 Å². The minimum Gasteiger partial charge on any atom is -0.291 e. The average molecular weight is 280 g/mol. The summed E-state index contributed by atoms with van der Waals surface area (Å²) in [6.45, 7) is 19.8. The molecule has 0 radical (unpaired) electrons. The molecule has 0 spiro atoms. The van der Waals surface area contributed by atoms with Gasteiger partial charge in [0.2, 0.25) is 0 Å². The molecule has 1 aliphatic carbocycles. The summed E-state index contributed by atoms with van der Waals surface area (Å²) in [7, 11) is 0. The van der Waals surface area contributed by atoms with Crippen molar-refractivity contribution in [2.45, 2.75) is 98.7 Å². The summed E-state index contributed by atoms with van der Waals surface area (Å²) in [6.07, 6.45) is 5.63. The lowest BCUT2D eigenvalue weighted by Crippen LogP contribution is -2.57. The topological polar surface area (TPSA) is 3.24 Å². The molecule has 0 N–H and O–H groups in total. The van der Waals surface area contributed by atoms with Gasteiger partial charge in [0.1, 0.15) is 0 Å². The lowest BCUT2D eigenvalue weighted by atomic mass is 9.71. The highest BCUT2D eigenvalue weighted by atomic mass is 15.3. The number of rotatable bonds is 2. The molecule has 0 aromatic carbocycles. The van der Waals surface area contributed by atoms with E-state index in [0.29, 0.717) is 17.0 Å². The van der Waals surface area contributed by atoms with Gasteiger partial charge in [0.15, 0.2) is 0 Å². The lowest BCUT2D eigenvalue weighted by molar-refractivity contribution is -0.0244. The van der Waals surface area contributed by atoms with Crippen LogP contribution < -0.4 is 0 Å². The Bertz CT molecular complexity index is 342. The molecule has 4 atom stereocenters. The van der Waals surface area contributed by atoms with Crippen LogP contribution in [0.5, 0.6) is 0 Å². The van der Waals surface area contributed by atoms with E-state index < -0.39 is 0 Å². The molecule has 2 fully saturated rings. The molecule has 2 rings (SSSR count). The van der Waals surface area contributed by atoms with Gasteiger partial charge in [-0.3, -0.25) is 4.90 Å². The van der Waals surface area contributed by atoms with Gasteiger partial charge in [0.05, 0.1) is 0 Å². The third-order valence-electron chi connectivity index (χ3n) is 6.53. The van der Waals surface area contributed by atoms with Gasteiger partial charge in [0.25, 0.3) is 0 Å². The number of nitrogens with zero attached hydrogens (tertiary/aromatic N) is 1. The lowest BCUT2D eigenvalue weighted by Gasteiger charge is -2.51. The van der Waals surface area contributed by atoms with Crippen LogP contribution in [0.4, 0.5) is 0 Å². The average Bonchev–Trinajstić information content (AvgIpc) is 2.44. The molecule has 1 saturated carbocycles. The number of hydrogen-bond acceptors (Lipinski definition) is 1. The summed E-state index contributed by atoms with van der Waals surface area (Å²) in [6, 6.07) is 1.49. The Labute approximate surface area is 127 Å². The van der Waals surface area contributed by atoms with E-state index in [4.69, 9.17) is 0 Å². The molecule has 1 aliphatic heterocycles. The predicted molar refractivity (Wildman–Crippen MR) is 88.9 cm³/mol. The van der Waals surface area contributed by atoms with Crippen molar-refractivity contribution < 1.29 is 0 Å². The molecule has 1 heterocycles. The van der Waals surface area contributed by atoms with E-state index >= 15 is 0 Å². The first-order valence-corrected chi connectivity index (χ1v) is 8.86. The van der Waals surface area contributed by atoms with Crippen molar-refractivity contribution in [2.24, 2.45) is 23.2 Å². The highest BCUT2D eigenvalue weighted by molar-refractivity contribution is 5.07. The smallest absolute Gasteiger partial charge is 0.0165 e. The fourth-order valence-corrected chi connectivity index (χ4v) is 5.56. The summed E-state index contributed by atoms with van der Waals surface area (Å²) in [5.74, 6) is 2.55. The maximum Gasteiger partial charge on any atom is 0.0165 e. The zero-order valence-corrected chi connectivity index (χ0v) is 15.2. The molecule has 1 nitrogen and oxygen atoms in total. The van der Waals surface area contributed by atoms with Gasteiger partial charge in [-0.25, -0.2) is 0 Å². The Hall–Kier alpha value is -0.0400. The minimum absolute atomic E-state index is 0.353. The van der Waals surface area contributed by atoms with E-state index in [2.05, 4.69) is 60.3 Å². The monoisotopic (exact) mass is 279 g/mol. The van der Waals surface area contributed by atoms with Crippen molar-refractivity contribution in [1.29, 1.82) is 0 Å². The molecule has 1 saturated heterocycles. The van der Waals surface area contributed by atoms with Gasteiger partial charge in [0, 0.05) is 17.6 Å². The first kappa shape index (κ1) is 16.3. The molecule has 0 aromatic rings. The summed E-state index contributed by atoms with van der Waals surface area (Å²) in [5.41, 5.74) is 0.800. The van der Waals surface area contributed by atoms with Crippen molar-refractivity contribution >= 4 is 0 Å². The van der Waals surface area contributed by atoms with E-state index in [9.17, 15) is 0 Å². The van der Waals surface area contributed by atoms with E-state index in [1.54, 1.807) is 0 Å². The zero-order valence-electron chi connectivity index (χ0n) is 15.2.